The lowest BCUT2D eigenvalue weighted by Crippen LogP contribution is -2.47. The van der Waals surface area contributed by atoms with Crippen LogP contribution in [0.3, 0.4) is 0 Å². The van der Waals surface area contributed by atoms with Crippen molar-refractivity contribution in [2.45, 2.75) is 58.5 Å². The van der Waals surface area contributed by atoms with E-state index >= 15 is 0 Å². The first-order chi connectivity index (χ1) is 8.90. The Balaban J connectivity index is 2.16. The maximum absolute atomic E-state index is 12.0. The third-order valence-electron chi connectivity index (χ3n) is 5.30. The lowest BCUT2D eigenvalue weighted by Gasteiger charge is -2.42. The van der Waals surface area contributed by atoms with Crippen molar-refractivity contribution in [2.75, 3.05) is 0 Å². The molecule has 2 rings (SSSR count). The Morgan fingerprint density at radius 1 is 1.37 bits per heavy atom. The van der Waals surface area contributed by atoms with E-state index < -0.39 is 23.5 Å². The van der Waals surface area contributed by atoms with Gasteiger partial charge in [-0.15, -0.1) is 0 Å². The topological polar surface area (TPSA) is 63.6 Å². The van der Waals surface area contributed by atoms with E-state index in [0.29, 0.717) is 17.8 Å². The Bertz CT molecular complexity index is 378. The van der Waals surface area contributed by atoms with Crippen LogP contribution in [0.15, 0.2) is 0 Å². The van der Waals surface area contributed by atoms with Crippen molar-refractivity contribution in [3.8, 4) is 0 Å². The molecule has 2 aliphatic carbocycles. The normalized spacial score (nSPS) is 35.9. The minimum absolute atomic E-state index is 0.299. The van der Waals surface area contributed by atoms with Crippen molar-refractivity contribution < 1.29 is 19.4 Å². The van der Waals surface area contributed by atoms with E-state index in [1.54, 1.807) is 0 Å². The Morgan fingerprint density at radius 3 is 2.47 bits per heavy atom. The van der Waals surface area contributed by atoms with Gasteiger partial charge in [-0.3, -0.25) is 9.59 Å². The van der Waals surface area contributed by atoms with E-state index in [2.05, 4.69) is 13.8 Å². The largest absolute Gasteiger partial charge is 0.481 e. The highest BCUT2D eigenvalue weighted by atomic mass is 16.6. The van der Waals surface area contributed by atoms with E-state index in [-0.39, 0.29) is 0 Å². The van der Waals surface area contributed by atoms with Gasteiger partial charge in [0, 0.05) is 0 Å². The Morgan fingerprint density at radius 2 is 2.05 bits per heavy atom. The van der Waals surface area contributed by atoms with E-state index in [0.717, 1.165) is 25.7 Å². The van der Waals surface area contributed by atoms with Gasteiger partial charge in [-0.1, -0.05) is 13.8 Å². The van der Waals surface area contributed by atoms with E-state index in [4.69, 9.17) is 9.84 Å². The summed E-state index contributed by atoms with van der Waals surface area (Å²) < 4.78 is 5.79. The second-order valence-corrected chi connectivity index (χ2v) is 6.33. The van der Waals surface area contributed by atoms with Gasteiger partial charge in [-0.05, 0) is 56.8 Å². The van der Waals surface area contributed by atoms with Crippen molar-refractivity contribution >= 4 is 11.9 Å². The molecule has 0 aromatic carbocycles. The lowest BCUT2D eigenvalue weighted by atomic mass is 9.74. The van der Waals surface area contributed by atoms with Gasteiger partial charge in [-0.25, -0.2) is 0 Å². The lowest BCUT2D eigenvalue weighted by molar-refractivity contribution is -0.182. The molecule has 108 valence electrons. The van der Waals surface area contributed by atoms with Crippen LogP contribution in [0.2, 0.25) is 0 Å². The predicted molar refractivity (Wildman–Crippen MR) is 70.5 cm³/mol. The molecule has 0 aromatic heterocycles. The molecule has 0 heterocycles. The van der Waals surface area contributed by atoms with Crippen LogP contribution >= 0.6 is 0 Å². The van der Waals surface area contributed by atoms with Crippen molar-refractivity contribution in [1.82, 2.24) is 0 Å². The SMILES string of the molecule is CCC(C)C1(OC(=O)C(C)C(=O)O)CC2CCC1C2. The van der Waals surface area contributed by atoms with Gasteiger partial charge in [0.2, 0.25) is 0 Å². The first-order valence-corrected chi connectivity index (χ1v) is 7.36. The molecule has 4 nitrogen and oxygen atoms in total. The number of aliphatic carboxylic acids is 1. The summed E-state index contributed by atoms with van der Waals surface area (Å²) in [6.45, 7) is 5.63. The van der Waals surface area contributed by atoms with E-state index in [1.807, 2.05) is 0 Å². The molecule has 0 spiro atoms. The summed E-state index contributed by atoms with van der Waals surface area (Å²) in [5.41, 5.74) is -0.404. The van der Waals surface area contributed by atoms with Gasteiger partial charge >= 0.3 is 11.9 Å². The first kappa shape index (κ1) is 14.4. The van der Waals surface area contributed by atoms with Gasteiger partial charge in [0.15, 0.2) is 5.92 Å². The standard InChI is InChI=1S/C15H24O4/c1-4-9(2)15(8-11-5-6-12(15)7-11)19-14(18)10(3)13(16)17/h9-12H,4-8H2,1-3H3,(H,16,17). The summed E-state index contributed by atoms with van der Waals surface area (Å²) in [4.78, 5) is 23.0. The number of fused-ring (bicyclic) bond motifs is 2. The molecule has 2 aliphatic rings. The van der Waals surface area contributed by atoms with Crippen LogP contribution in [0.5, 0.6) is 0 Å². The summed E-state index contributed by atoms with van der Waals surface area (Å²) in [6, 6.07) is 0. The molecule has 0 amide bonds. The fourth-order valence-corrected chi connectivity index (χ4v) is 3.87. The van der Waals surface area contributed by atoms with Crippen LogP contribution in [0.1, 0.15) is 52.9 Å². The number of hydrogen-bond donors (Lipinski definition) is 1. The maximum Gasteiger partial charge on any atom is 0.320 e. The van der Waals surface area contributed by atoms with Crippen molar-refractivity contribution in [2.24, 2.45) is 23.7 Å². The summed E-state index contributed by atoms with van der Waals surface area (Å²) in [7, 11) is 0. The molecule has 5 unspecified atom stereocenters. The monoisotopic (exact) mass is 268 g/mol. The third-order valence-corrected chi connectivity index (χ3v) is 5.30. The fourth-order valence-electron chi connectivity index (χ4n) is 3.87. The van der Waals surface area contributed by atoms with Gasteiger partial charge < -0.3 is 9.84 Å². The molecule has 1 N–H and O–H groups in total. The maximum atomic E-state index is 12.0. The highest BCUT2D eigenvalue weighted by molar-refractivity contribution is 5.93. The zero-order valence-corrected chi connectivity index (χ0v) is 12.0. The van der Waals surface area contributed by atoms with Crippen molar-refractivity contribution in [1.29, 1.82) is 0 Å². The highest BCUT2D eigenvalue weighted by Gasteiger charge is 2.56. The molecular formula is C15H24O4. The van der Waals surface area contributed by atoms with E-state index in [1.165, 1.54) is 13.3 Å². The van der Waals surface area contributed by atoms with Gasteiger partial charge in [0.1, 0.15) is 5.60 Å². The van der Waals surface area contributed by atoms with Crippen molar-refractivity contribution in [3.05, 3.63) is 0 Å². The average molecular weight is 268 g/mol. The Hall–Kier alpha value is -1.06. The summed E-state index contributed by atoms with van der Waals surface area (Å²) in [5.74, 6) is -1.36. The third kappa shape index (κ3) is 2.37. The van der Waals surface area contributed by atoms with E-state index in [9.17, 15) is 9.59 Å². The average Bonchev–Trinajstić information content (AvgIpc) is 2.97. The predicted octanol–water partition coefficient (Wildman–Crippen LogP) is 2.86. The van der Waals surface area contributed by atoms with Crippen LogP contribution in [-0.2, 0) is 14.3 Å². The zero-order chi connectivity index (χ0) is 14.2. The molecule has 2 saturated carbocycles. The molecule has 5 atom stereocenters. The zero-order valence-electron chi connectivity index (χ0n) is 12.0. The van der Waals surface area contributed by atoms with Crippen LogP contribution < -0.4 is 0 Å². The fraction of sp³-hybridized carbons (Fsp3) is 0.867. The molecule has 19 heavy (non-hydrogen) atoms. The van der Waals surface area contributed by atoms with Gasteiger partial charge in [0.05, 0.1) is 0 Å². The Labute approximate surface area is 114 Å². The number of hydrogen-bond acceptors (Lipinski definition) is 3. The van der Waals surface area contributed by atoms with Gasteiger partial charge in [0.25, 0.3) is 0 Å². The molecule has 0 radical (unpaired) electrons. The smallest absolute Gasteiger partial charge is 0.320 e. The molecule has 0 aromatic rings. The number of rotatable bonds is 5. The minimum Gasteiger partial charge on any atom is -0.481 e. The van der Waals surface area contributed by atoms with Crippen LogP contribution in [0, 0.1) is 23.7 Å². The number of carboxylic acid groups (broad SMARTS) is 1. The van der Waals surface area contributed by atoms with Gasteiger partial charge in [-0.2, -0.15) is 0 Å². The number of carbonyl (C=O) groups excluding carboxylic acids is 1. The molecule has 2 fully saturated rings. The van der Waals surface area contributed by atoms with Crippen molar-refractivity contribution in [3.63, 3.8) is 0 Å². The molecule has 4 heteroatoms. The number of esters is 1. The first-order valence-electron chi connectivity index (χ1n) is 7.36. The summed E-state index contributed by atoms with van der Waals surface area (Å²) in [5, 5.41) is 8.94. The minimum atomic E-state index is -1.10. The number of carbonyl (C=O) groups is 2. The number of carboxylic acids is 1. The second kappa shape index (κ2) is 5.14. The summed E-state index contributed by atoms with van der Waals surface area (Å²) >= 11 is 0. The van der Waals surface area contributed by atoms with Crippen LogP contribution in [0.4, 0.5) is 0 Å². The molecule has 2 bridgehead atoms. The van der Waals surface area contributed by atoms with Crippen LogP contribution in [0.25, 0.3) is 0 Å². The second-order valence-electron chi connectivity index (χ2n) is 6.33. The molecular weight excluding hydrogens is 244 g/mol. The summed E-state index contributed by atoms with van der Waals surface area (Å²) in [6.07, 6.45) is 5.36. The number of ether oxygens (including phenoxy) is 1. The molecule has 0 aliphatic heterocycles. The quantitative estimate of drug-likeness (QED) is 0.615. The van der Waals surface area contributed by atoms with Crippen LogP contribution in [-0.4, -0.2) is 22.6 Å². The Kier molecular flexibility index (Phi) is 3.88. The molecule has 0 saturated heterocycles. The highest BCUT2D eigenvalue weighted by Crippen LogP contribution is 2.56.